The van der Waals surface area contributed by atoms with Gasteiger partial charge in [-0.1, -0.05) is 12.1 Å². The average molecular weight is 420 g/mol. The van der Waals surface area contributed by atoms with Crippen molar-refractivity contribution in [2.24, 2.45) is 0 Å². The zero-order chi connectivity index (χ0) is 21.2. The topological polar surface area (TPSA) is 112 Å². The van der Waals surface area contributed by atoms with Crippen LogP contribution in [-0.2, 0) is 21.5 Å². The molecule has 0 amide bonds. The van der Waals surface area contributed by atoms with Crippen LogP contribution in [0, 0.1) is 6.92 Å². The van der Waals surface area contributed by atoms with Crippen LogP contribution in [0.3, 0.4) is 0 Å². The molecule has 3 rings (SSSR count). The highest BCUT2D eigenvalue weighted by Crippen LogP contribution is 2.37. The molecular weight excluding hydrogens is 400 g/mol. The van der Waals surface area contributed by atoms with E-state index in [1.807, 2.05) is 0 Å². The smallest absolute Gasteiger partial charge is 0.342 e. The first-order valence-corrected chi connectivity index (χ1v) is 10.2. The van der Waals surface area contributed by atoms with Crippen LogP contribution >= 0.6 is 0 Å². The van der Waals surface area contributed by atoms with E-state index in [0.29, 0.717) is 39.4 Å². The molecule has 29 heavy (non-hydrogen) atoms. The van der Waals surface area contributed by atoms with E-state index in [-0.39, 0.29) is 18.1 Å². The fraction of sp³-hybridized carbons (Fsp3) is 0.250. The molecule has 0 saturated heterocycles. The molecule has 0 bridgehead atoms. The summed E-state index contributed by atoms with van der Waals surface area (Å²) in [5.41, 5.74) is 1.28. The standard InChI is InChI=1S/C20H20O8S/c1-4-26-20(21)19-12(2)28-16-10-17(25-3)18(9-15(16)19)27-11-13-6-5-7-14(8-13)29(22,23)24/h5-10H,4,11H2,1-3H3,(H,22,23,24). The molecule has 0 radical (unpaired) electrons. The third-order valence-electron chi connectivity index (χ3n) is 4.22. The van der Waals surface area contributed by atoms with E-state index in [4.69, 9.17) is 18.6 Å². The SMILES string of the molecule is CCOC(=O)c1c(C)oc2cc(OC)c(OCc3cccc(S(=O)(=O)O)c3)cc12. The third kappa shape index (κ3) is 4.36. The molecule has 0 atom stereocenters. The predicted octanol–water partition coefficient (Wildman–Crippen LogP) is 3.75. The van der Waals surface area contributed by atoms with E-state index in [0.717, 1.165) is 0 Å². The lowest BCUT2D eigenvalue weighted by molar-refractivity contribution is 0.0526. The van der Waals surface area contributed by atoms with Crippen LogP contribution in [0.25, 0.3) is 11.0 Å². The molecule has 3 aromatic rings. The summed E-state index contributed by atoms with van der Waals surface area (Å²) < 4.78 is 53.7. The number of furan rings is 1. The van der Waals surface area contributed by atoms with Gasteiger partial charge in [-0.25, -0.2) is 4.79 Å². The molecule has 2 aromatic carbocycles. The fourth-order valence-electron chi connectivity index (χ4n) is 2.91. The number of esters is 1. The maximum atomic E-state index is 12.3. The maximum Gasteiger partial charge on any atom is 0.342 e. The van der Waals surface area contributed by atoms with Crippen LogP contribution in [0.4, 0.5) is 0 Å². The second-order valence-electron chi connectivity index (χ2n) is 6.16. The number of carbonyl (C=O) groups excluding carboxylic acids is 1. The molecule has 0 fully saturated rings. The van der Waals surface area contributed by atoms with Gasteiger partial charge >= 0.3 is 5.97 Å². The molecule has 0 unspecified atom stereocenters. The highest BCUT2D eigenvalue weighted by molar-refractivity contribution is 7.85. The Morgan fingerprint density at radius 3 is 2.59 bits per heavy atom. The van der Waals surface area contributed by atoms with E-state index in [1.54, 1.807) is 32.0 Å². The summed E-state index contributed by atoms with van der Waals surface area (Å²) in [5.74, 6) is 0.635. The first-order valence-electron chi connectivity index (χ1n) is 8.72. The summed E-state index contributed by atoms with van der Waals surface area (Å²) in [7, 11) is -2.84. The van der Waals surface area contributed by atoms with Crippen molar-refractivity contribution in [2.45, 2.75) is 25.3 Å². The Hall–Kier alpha value is -3.04. The lowest BCUT2D eigenvalue weighted by Gasteiger charge is -2.11. The van der Waals surface area contributed by atoms with Gasteiger partial charge in [-0.3, -0.25) is 4.55 Å². The number of hydrogen-bond donors (Lipinski definition) is 1. The second-order valence-corrected chi connectivity index (χ2v) is 7.59. The Labute approximate surface area is 167 Å². The summed E-state index contributed by atoms with van der Waals surface area (Å²) in [6.07, 6.45) is 0. The average Bonchev–Trinajstić information content (AvgIpc) is 3.00. The molecule has 0 aliphatic heterocycles. The third-order valence-corrected chi connectivity index (χ3v) is 5.07. The van der Waals surface area contributed by atoms with Gasteiger partial charge < -0.3 is 18.6 Å². The van der Waals surface area contributed by atoms with E-state index >= 15 is 0 Å². The van der Waals surface area contributed by atoms with Crippen molar-refractivity contribution >= 4 is 27.1 Å². The van der Waals surface area contributed by atoms with Crippen molar-refractivity contribution in [2.75, 3.05) is 13.7 Å². The van der Waals surface area contributed by atoms with Gasteiger partial charge in [0.1, 0.15) is 23.5 Å². The van der Waals surface area contributed by atoms with Crippen LogP contribution in [0.15, 0.2) is 45.7 Å². The lowest BCUT2D eigenvalue weighted by Crippen LogP contribution is -2.05. The van der Waals surface area contributed by atoms with E-state index in [2.05, 4.69) is 0 Å². The van der Waals surface area contributed by atoms with Gasteiger partial charge in [0.05, 0.1) is 18.6 Å². The normalized spacial score (nSPS) is 11.4. The zero-order valence-electron chi connectivity index (χ0n) is 16.1. The summed E-state index contributed by atoms with van der Waals surface area (Å²) >= 11 is 0. The van der Waals surface area contributed by atoms with E-state index in [1.165, 1.54) is 25.3 Å². The van der Waals surface area contributed by atoms with Crippen molar-refractivity contribution in [3.63, 3.8) is 0 Å². The first kappa shape index (κ1) is 20.7. The van der Waals surface area contributed by atoms with Gasteiger partial charge in [0.25, 0.3) is 10.1 Å². The van der Waals surface area contributed by atoms with Crippen molar-refractivity contribution < 1.29 is 36.4 Å². The number of benzene rings is 2. The van der Waals surface area contributed by atoms with E-state index in [9.17, 15) is 17.8 Å². The minimum atomic E-state index is -4.31. The van der Waals surface area contributed by atoms with Gasteiger partial charge in [-0.05, 0) is 37.6 Å². The number of fused-ring (bicyclic) bond motifs is 1. The van der Waals surface area contributed by atoms with Crippen LogP contribution in [0.2, 0.25) is 0 Å². The Bertz CT molecular complexity index is 1160. The highest BCUT2D eigenvalue weighted by atomic mass is 32.2. The Balaban J connectivity index is 1.96. The number of methoxy groups -OCH3 is 1. The molecule has 1 aromatic heterocycles. The van der Waals surface area contributed by atoms with Crippen LogP contribution < -0.4 is 9.47 Å². The van der Waals surface area contributed by atoms with Gasteiger partial charge in [-0.2, -0.15) is 8.42 Å². The summed E-state index contributed by atoms with van der Waals surface area (Å²) in [6.45, 7) is 3.62. The molecule has 0 saturated carbocycles. The first-order chi connectivity index (χ1) is 13.7. The second kappa shape index (κ2) is 8.14. The van der Waals surface area contributed by atoms with Crippen LogP contribution in [0.1, 0.15) is 28.6 Å². The Morgan fingerprint density at radius 2 is 1.93 bits per heavy atom. The molecule has 0 spiro atoms. The molecule has 0 aliphatic carbocycles. The van der Waals surface area contributed by atoms with Crippen LogP contribution in [0.5, 0.6) is 11.5 Å². The Kier molecular flexibility index (Phi) is 5.81. The van der Waals surface area contributed by atoms with Crippen molar-refractivity contribution in [3.8, 4) is 11.5 Å². The lowest BCUT2D eigenvalue weighted by atomic mass is 10.1. The number of rotatable bonds is 7. The van der Waals surface area contributed by atoms with Gasteiger partial charge in [-0.15, -0.1) is 0 Å². The molecule has 0 aliphatic rings. The minimum Gasteiger partial charge on any atom is -0.493 e. The quantitative estimate of drug-likeness (QED) is 0.454. The molecule has 1 N–H and O–H groups in total. The van der Waals surface area contributed by atoms with Gasteiger partial charge in [0.15, 0.2) is 11.5 Å². The van der Waals surface area contributed by atoms with E-state index < -0.39 is 16.1 Å². The van der Waals surface area contributed by atoms with Gasteiger partial charge in [0.2, 0.25) is 0 Å². The predicted molar refractivity (Wildman–Crippen MR) is 104 cm³/mol. The van der Waals surface area contributed by atoms with Crippen LogP contribution in [-0.4, -0.2) is 32.7 Å². The highest BCUT2D eigenvalue weighted by Gasteiger charge is 2.22. The molecule has 1 heterocycles. The molecule has 154 valence electrons. The molecular formula is C20H20O8S. The molecule has 8 nitrogen and oxygen atoms in total. The number of aryl methyl sites for hydroxylation is 1. The fourth-order valence-corrected chi connectivity index (χ4v) is 3.46. The van der Waals surface area contributed by atoms with Crippen molar-refractivity contribution in [1.29, 1.82) is 0 Å². The number of hydrogen-bond acceptors (Lipinski definition) is 7. The summed E-state index contributed by atoms with van der Waals surface area (Å²) in [6, 6.07) is 8.97. The molecule has 9 heteroatoms. The summed E-state index contributed by atoms with van der Waals surface area (Å²) in [5, 5.41) is 0.517. The monoisotopic (exact) mass is 420 g/mol. The van der Waals surface area contributed by atoms with Crippen molar-refractivity contribution in [3.05, 3.63) is 53.3 Å². The minimum absolute atomic E-state index is 0.0107. The zero-order valence-corrected chi connectivity index (χ0v) is 16.9. The Morgan fingerprint density at radius 1 is 1.17 bits per heavy atom. The number of carbonyl (C=O) groups is 1. The largest absolute Gasteiger partial charge is 0.493 e. The number of ether oxygens (including phenoxy) is 3. The van der Waals surface area contributed by atoms with Crippen molar-refractivity contribution in [1.82, 2.24) is 0 Å². The maximum absolute atomic E-state index is 12.3. The summed E-state index contributed by atoms with van der Waals surface area (Å²) in [4.78, 5) is 12.1. The van der Waals surface area contributed by atoms with Gasteiger partial charge in [0, 0.05) is 11.5 Å².